The normalized spacial score (nSPS) is 12.9. The summed E-state index contributed by atoms with van der Waals surface area (Å²) in [5, 5.41) is 0. The summed E-state index contributed by atoms with van der Waals surface area (Å²) >= 11 is 0. The molecule has 0 atom stereocenters. The average Bonchev–Trinajstić information content (AvgIpc) is 2.16. The molecule has 1 heterocycles. The molecule has 0 saturated carbocycles. The molecule has 4 nitrogen and oxygen atoms in total. The first-order valence-corrected chi connectivity index (χ1v) is 3.71. The summed E-state index contributed by atoms with van der Waals surface area (Å²) in [5.74, 6) is 0.192. The van der Waals surface area contributed by atoms with E-state index in [4.69, 9.17) is 8.85 Å². The number of halogens is 1. The highest BCUT2D eigenvalue weighted by Gasteiger charge is 2.08. The summed E-state index contributed by atoms with van der Waals surface area (Å²) in [6.45, 7) is -2.28. The van der Waals surface area contributed by atoms with Crippen molar-refractivity contribution in [2.24, 2.45) is 6.98 Å². The molecule has 0 bridgehead atoms. The number of hydrogen-bond acceptors (Lipinski definition) is 2. The molecule has 0 spiro atoms. The minimum Gasteiger partial charge on any atom is -1.00 e. The molecular formula is C9H13BrN2O2. The van der Waals surface area contributed by atoms with Gasteiger partial charge in [-0.25, -0.2) is 9.36 Å². The highest BCUT2D eigenvalue weighted by Crippen LogP contribution is 2.05. The lowest BCUT2D eigenvalue weighted by Gasteiger charge is -2.09. The minimum atomic E-state index is -2.28. The second kappa shape index (κ2) is 5.59. The molecule has 78 valence electrons. The van der Waals surface area contributed by atoms with Crippen LogP contribution >= 0.6 is 0 Å². The monoisotopic (exact) mass is 263 g/mol. The Hall–Kier alpha value is -1.10. The molecule has 0 fully saturated rings. The first-order chi connectivity index (χ1) is 7.30. The summed E-state index contributed by atoms with van der Waals surface area (Å²) in [4.78, 5) is 12.5. The fourth-order valence-corrected chi connectivity index (χ4v) is 0.706. The molecule has 1 amide bonds. The molecular weight excluding hydrogens is 248 g/mol. The molecule has 1 rings (SSSR count). The Labute approximate surface area is 98.1 Å². The number of ether oxygens (including phenoxy) is 1. The van der Waals surface area contributed by atoms with E-state index in [1.54, 1.807) is 14.1 Å². The molecule has 1 aromatic rings. The van der Waals surface area contributed by atoms with Crippen LogP contribution in [-0.4, -0.2) is 25.1 Å². The van der Waals surface area contributed by atoms with Crippen LogP contribution in [0, 0.1) is 0 Å². The second-order valence-electron chi connectivity index (χ2n) is 2.71. The van der Waals surface area contributed by atoms with Gasteiger partial charge in [-0.05, 0) is 6.07 Å². The maximum absolute atomic E-state index is 11.2. The van der Waals surface area contributed by atoms with Crippen LogP contribution in [0.5, 0.6) is 5.75 Å². The zero-order chi connectivity index (χ0) is 12.3. The largest absolute Gasteiger partial charge is 1.00 e. The number of aromatic nitrogens is 1. The Morgan fingerprint density at radius 3 is 2.93 bits per heavy atom. The molecule has 14 heavy (non-hydrogen) atoms. The third-order valence-electron chi connectivity index (χ3n) is 1.34. The number of pyridine rings is 1. The maximum atomic E-state index is 11.2. The van der Waals surface area contributed by atoms with Crippen LogP contribution in [-0.2, 0) is 6.98 Å². The van der Waals surface area contributed by atoms with E-state index in [0.717, 1.165) is 4.57 Å². The van der Waals surface area contributed by atoms with Gasteiger partial charge in [0.25, 0.3) is 0 Å². The highest BCUT2D eigenvalue weighted by molar-refractivity contribution is 5.69. The molecule has 1 aromatic heterocycles. The Morgan fingerprint density at radius 2 is 2.36 bits per heavy atom. The summed E-state index contributed by atoms with van der Waals surface area (Å²) in [6, 6.07) is 3.02. The topological polar surface area (TPSA) is 33.4 Å². The van der Waals surface area contributed by atoms with Gasteiger partial charge in [-0.2, -0.15) is 0 Å². The van der Waals surface area contributed by atoms with Crippen LogP contribution in [0.15, 0.2) is 24.5 Å². The van der Waals surface area contributed by atoms with Gasteiger partial charge in [0.15, 0.2) is 11.9 Å². The van der Waals surface area contributed by atoms with Gasteiger partial charge in [0.1, 0.15) is 11.1 Å². The smallest absolute Gasteiger partial charge is 0.414 e. The van der Waals surface area contributed by atoms with Gasteiger partial charge in [0.05, 0.1) is 0 Å². The molecule has 0 aromatic carbocycles. The lowest BCUT2D eigenvalue weighted by molar-refractivity contribution is -0.671. The van der Waals surface area contributed by atoms with E-state index < -0.39 is 13.1 Å². The molecule has 0 saturated heterocycles. The fraction of sp³-hybridized carbons (Fsp3) is 0.333. The van der Waals surface area contributed by atoms with Crippen molar-refractivity contribution in [1.29, 1.82) is 0 Å². The Balaban J connectivity index is 0.00000256. The van der Waals surface area contributed by atoms with Gasteiger partial charge in [-0.15, -0.1) is 0 Å². The van der Waals surface area contributed by atoms with Crippen molar-refractivity contribution in [2.45, 2.75) is 0 Å². The number of amides is 1. The van der Waals surface area contributed by atoms with E-state index in [1.165, 1.54) is 29.4 Å². The van der Waals surface area contributed by atoms with Gasteiger partial charge >= 0.3 is 6.09 Å². The number of carbonyl (C=O) groups excluding carboxylic acids is 1. The number of aryl methyl sites for hydroxylation is 1. The maximum Gasteiger partial charge on any atom is 0.414 e. The number of rotatable bonds is 1. The van der Waals surface area contributed by atoms with Gasteiger partial charge < -0.3 is 26.6 Å². The molecule has 0 aliphatic carbocycles. The third kappa shape index (κ3) is 3.74. The summed E-state index contributed by atoms with van der Waals surface area (Å²) in [5.41, 5.74) is 0. The van der Waals surface area contributed by atoms with Crippen molar-refractivity contribution in [3.8, 4) is 5.75 Å². The first-order valence-electron chi connectivity index (χ1n) is 5.21. The SMILES string of the molecule is [2H]C([2H])([2H])[n+]1cccc(OC(=O)N(C)C)c1.[Br-]. The summed E-state index contributed by atoms with van der Waals surface area (Å²) in [6.07, 6.45) is 2.09. The van der Waals surface area contributed by atoms with Crippen LogP contribution < -0.4 is 26.3 Å². The standard InChI is InChI=1S/C9H13N2O2.BrH/c1-10(2)9(12)13-8-5-4-6-11(3)7-8;/h4-7H,1-3H3;1H/q+1;/p-1/i3D3;. The van der Waals surface area contributed by atoms with Gasteiger partial charge in [-0.3, -0.25) is 0 Å². The van der Waals surface area contributed by atoms with Gasteiger partial charge in [-0.1, -0.05) is 0 Å². The van der Waals surface area contributed by atoms with Crippen LogP contribution in [0.4, 0.5) is 4.79 Å². The second-order valence-corrected chi connectivity index (χ2v) is 2.71. The van der Waals surface area contributed by atoms with Crippen molar-refractivity contribution >= 4 is 6.09 Å². The van der Waals surface area contributed by atoms with E-state index in [1.807, 2.05) is 0 Å². The predicted octanol–water partition coefficient (Wildman–Crippen LogP) is -2.42. The van der Waals surface area contributed by atoms with Gasteiger partial charge in [0.2, 0.25) is 6.20 Å². The van der Waals surface area contributed by atoms with Crippen molar-refractivity contribution < 1.29 is 35.2 Å². The summed E-state index contributed by atoms with van der Waals surface area (Å²) < 4.78 is 27.5. The zero-order valence-corrected chi connectivity index (χ0v) is 9.48. The van der Waals surface area contributed by atoms with Crippen molar-refractivity contribution in [1.82, 2.24) is 4.90 Å². The highest BCUT2D eigenvalue weighted by atomic mass is 79.9. The molecule has 5 heteroatoms. The van der Waals surface area contributed by atoms with Gasteiger partial charge in [0, 0.05) is 20.2 Å². The van der Waals surface area contributed by atoms with Crippen LogP contribution in [0.2, 0.25) is 0 Å². The van der Waals surface area contributed by atoms with Crippen molar-refractivity contribution in [3.63, 3.8) is 0 Å². The number of hydrogen-bond donors (Lipinski definition) is 0. The zero-order valence-electron chi connectivity index (χ0n) is 10.9. The van der Waals surface area contributed by atoms with Crippen LogP contribution in [0.3, 0.4) is 0 Å². The predicted molar refractivity (Wildman–Crippen MR) is 47.3 cm³/mol. The minimum absolute atomic E-state index is 0. The Kier molecular flexibility index (Phi) is 3.29. The Morgan fingerprint density at radius 1 is 1.64 bits per heavy atom. The van der Waals surface area contributed by atoms with E-state index >= 15 is 0 Å². The van der Waals surface area contributed by atoms with Crippen LogP contribution in [0.1, 0.15) is 4.11 Å². The number of nitrogens with zero attached hydrogens (tertiary/aromatic N) is 2. The molecule has 0 N–H and O–H groups in total. The van der Waals surface area contributed by atoms with E-state index in [-0.39, 0.29) is 22.7 Å². The first kappa shape index (κ1) is 8.23. The Bertz CT molecular complexity index is 396. The quantitative estimate of drug-likeness (QED) is 0.529. The van der Waals surface area contributed by atoms with Crippen molar-refractivity contribution in [2.75, 3.05) is 14.1 Å². The lowest BCUT2D eigenvalue weighted by atomic mass is 10.4. The molecule has 0 unspecified atom stereocenters. The van der Waals surface area contributed by atoms with E-state index in [9.17, 15) is 4.79 Å². The summed E-state index contributed by atoms with van der Waals surface area (Å²) in [7, 11) is 3.09. The third-order valence-corrected chi connectivity index (χ3v) is 1.34. The van der Waals surface area contributed by atoms with E-state index in [0.29, 0.717) is 0 Å². The molecule has 0 aliphatic rings. The molecule has 0 radical (unpaired) electrons. The lowest BCUT2D eigenvalue weighted by Crippen LogP contribution is -3.00. The molecule has 0 aliphatic heterocycles. The van der Waals surface area contributed by atoms with E-state index in [2.05, 4.69) is 0 Å². The average molecular weight is 264 g/mol. The fourth-order valence-electron chi connectivity index (χ4n) is 0.706. The van der Waals surface area contributed by atoms with Crippen molar-refractivity contribution in [3.05, 3.63) is 24.5 Å². The number of carbonyl (C=O) groups is 1. The van der Waals surface area contributed by atoms with Crippen LogP contribution in [0.25, 0.3) is 0 Å².